The van der Waals surface area contributed by atoms with Gasteiger partial charge in [-0.25, -0.2) is 13.2 Å². The van der Waals surface area contributed by atoms with E-state index in [9.17, 15) is 18.3 Å². The molecule has 4 rings (SSSR count). The zero-order chi connectivity index (χ0) is 23.8. The van der Waals surface area contributed by atoms with E-state index in [4.69, 9.17) is 0 Å². The van der Waals surface area contributed by atoms with Crippen molar-refractivity contribution in [1.82, 2.24) is 4.98 Å². The molecule has 0 unspecified atom stereocenters. The summed E-state index contributed by atoms with van der Waals surface area (Å²) >= 11 is 0. The summed E-state index contributed by atoms with van der Waals surface area (Å²) in [5, 5.41) is 13.4. The molecule has 7 heteroatoms. The van der Waals surface area contributed by atoms with E-state index in [0.717, 1.165) is 11.1 Å². The van der Waals surface area contributed by atoms with Crippen LogP contribution in [0.2, 0.25) is 0 Å². The number of hydrogen-bond acceptors (Lipinski definition) is 4. The first-order chi connectivity index (χ1) is 15.6. The molecule has 0 amide bonds. The first-order valence-corrected chi connectivity index (χ1v) is 12.2. The minimum Gasteiger partial charge on any atom is -0.477 e. The van der Waals surface area contributed by atoms with Crippen LogP contribution in [-0.2, 0) is 15.3 Å². The van der Waals surface area contributed by atoms with Crippen molar-refractivity contribution in [3.05, 3.63) is 84.1 Å². The summed E-state index contributed by atoms with van der Waals surface area (Å²) in [6.45, 7) is 6.23. The summed E-state index contributed by atoms with van der Waals surface area (Å²) in [7, 11) is -3.56. The van der Waals surface area contributed by atoms with E-state index < -0.39 is 15.8 Å². The number of benzene rings is 3. The number of carboxylic acids is 1. The first-order valence-electron chi connectivity index (χ1n) is 10.6. The highest BCUT2D eigenvalue weighted by atomic mass is 32.2. The Balaban J connectivity index is 1.64. The summed E-state index contributed by atoms with van der Waals surface area (Å²) < 4.78 is 25.7. The van der Waals surface area contributed by atoms with Crippen LogP contribution in [0, 0.1) is 0 Å². The van der Waals surface area contributed by atoms with Crippen LogP contribution in [0.1, 0.15) is 36.8 Å². The van der Waals surface area contributed by atoms with Gasteiger partial charge in [0.05, 0.1) is 4.90 Å². The quantitative estimate of drug-likeness (QED) is 0.343. The second kappa shape index (κ2) is 8.41. The van der Waals surface area contributed by atoms with Gasteiger partial charge in [-0.2, -0.15) is 0 Å². The Morgan fingerprint density at radius 1 is 0.970 bits per heavy atom. The number of aromatic carboxylic acids is 1. The average Bonchev–Trinajstić information content (AvgIpc) is 3.17. The highest BCUT2D eigenvalue weighted by molar-refractivity contribution is 7.91. The van der Waals surface area contributed by atoms with Crippen LogP contribution in [0.3, 0.4) is 0 Å². The number of sulfone groups is 1. The molecule has 0 aliphatic rings. The van der Waals surface area contributed by atoms with Gasteiger partial charge in [0.15, 0.2) is 9.84 Å². The number of carbonyl (C=O) groups is 1. The number of aromatic nitrogens is 1. The molecule has 1 heterocycles. The molecule has 0 fully saturated rings. The number of aromatic amines is 1. The Morgan fingerprint density at radius 3 is 2.24 bits per heavy atom. The van der Waals surface area contributed by atoms with Gasteiger partial charge in [-0.1, -0.05) is 63.2 Å². The fourth-order valence-corrected chi connectivity index (χ4v) is 4.87. The summed E-state index contributed by atoms with van der Waals surface area (Å²) in [6.07, 6.45) is 0. The zero-order valence-corrected chi connectivity index (χ0v) is 19.5. The number of rotatable bonds is 6. The van der Waals surface area contributed by atoms with Gasteiger partial charge in [0.25, 0.3) is 0 Å². The number of carboxylic acid groups (broad SMARTS) is 1. The minimum atomic E-state index is -3.56. The van der Waals surface area contributed by atoms with Crippen LogP contribution < -0.4 is 5.32 Å². The topological polar surface area (TPSA) is 99.3 Å². The van der Waals surface area contributed by atoms with Crippen LogP contribution in [0.5, 0.6) is 0 Å². The Hall–Kier alpha value is -3.58. The third-order valence-corrected chi connectivity index (χ3v) is 7.14. The van der Waals surface area contributed by atoms with E-state index in [-0.39, 0.29) is 21.9 Å². The smallest absolute Gasteiger partial charge is 0.352 e. The number of anilines is 1. The molecule has 3 aromatic carbocycles. The van der Waals surface area contributed by atoms with E-state index in [1.54, 1.807) is 30.3 Å². The van der Waals surface area contributed by atoms with Crippen molar-refractivity contribution in [3.63, 3.8) is 0 Å². The average molecular weight is 463 g/mol. The van der Waals surface area contributed by atoms with E-state index >= 15 is 0 Å². The first kappa shape index (κ1) is 22.6. The molecule has 0 saturated carbocycles. The van der Waals surface area contributed by atoms with Gasteiger partial charge in [0.1, 0.15) is 11.6 Å². The van der Waals surface area contributed by atoms with Gasteiger partial charge in [-0.3, -0.25) is 0 Å². The van der Waals surface area contributed by atoms with Crippen molar-refractivity contribution < 1.29 is 18.3 Å². The van der Waals surface area contributed by atoms with Crippen molar-refractivity contribution in [2.45, 2.75) is 31.1 Å². The normalized spacial score (nSPS) is 12.1. The molecule has 6 nitrogen and oxygen atoms in total. The van der Waals surface area contributed by atoms with Gasteiger partial charge in [0, 0.05) is 22.2 Å². The zero-order valence-electron chi connectivity index (χ0n) is 18.7. The van der Waals surface area contributed by atoms with Crippen molar-refractivity contribution in [2.24, 2.45) is 0 Å². The highest BCUT2D eigenvalue weighted by Crippen LogP contribution is 2.34. The second-order valence-electron chi connectivity index (χ2n) is 9.02. The molecule has 0 atom stereocenters. The third-order valence-electron chi connectivity index (χ3n) is 5.62. The number of fused-ring (bicyclic) bond motifs is 1. The van der Waals surface area contributed by atoms with E-state index in [2.05, 4.69) is 31.1 Å². The highest BCUT2D eigenvalue weighted by Gasteiger charge is 2.20. The van der Waals surface area contributed by atoms with Gasteiger partial charge in [0.2, 0.25) is 0 Å². The van der Waals surface area contributed by atoms with Crippen molar-refractivity contribution in [2.75, 3.05) is 11.2 Å². The van der Waals surface area contributed by atoms with Crippen LogP contribution in [0.4, 0.5) is 5.69 Å². The SMILES string of the molecule is CC(C)(C)c1ccc(S(=O)(=O)CNc2ccc3[nH]c(C(=O)O)c(-c4ccccc4)c3c2)cc1. The van der Waals surface area contributed by atoms with Gasteiger partial charge < -0.3 is 15.4 Å². The van der Waals surface area contributed by atoms with Crippen LogP contribution in [-0.4, -0.2) is 30.4 Å². The predicted molar refractivity (Wildman–Crippen MR) is 132 cm³/mol. The lowest BCUT2D eigenvalue weighted by atomic mass is 9.87. The number of H-pyrrole nitrogens is 1. The predicted octanol–water partition coefficient (Wildman–Crippen LogP) is 5.67. The molecule has 1 aromatic heterocycles. The van der Waals surface area contributed by atoms with Crippen LogP contribution in [0.25, 0.3) is 22.0 Å². The minimum absolute atomic E-state index is 0.0578. The number of nitrogens with one attached hydrogen (secondary N) is 2. The Kier molecular flexibility index (Phi) is 5.76. The van der Waals surface area contributed by atoms with E-state index in [1.165, 1.54) is 0 Å². The lowest BCUT2D eigenvalue weighted by Gasteiger charge is -2.19. The van der Waals surface area contributed by atoms with Crippen molar-refractivity contribution in [3.8, 4) is 11.1 Å². The molecule has 0 aliphatic heterocycles. The lowest BCUT2D eigenvalue weighted by Crippen LogP contribution is -2.16. The monoisotopic (exact) mass is 462 g/mol. The summed E-state index contributed by atoms with van der Waals surface area (Å²) in [5.74, 6) is -1.33. The molecule has 0 spiro atoms. The molecule has 170 valence electrons. The largest absolute Gasteiger partial charge is 0.477 e. The summed E-state index contributed by atoms with van der Waals surface area (Å²) in [5.41, 5.74) is 3.70. The molecule has 33 heavy (non-hydrogen) atoms. The second-order valence-corrected chi connectivity index (χ2v) is 11.0. The molecule has 4 aromatic rings. The Bertz CT molecular complexity index is 1420. The molecule has 0 bridgehead atoms. The van der Waals surface area contributed by atoms with E-state index in [1.807, 2.05) is 42.5 Å². The fraction of sp³-hybridized carbons (Fsp3) is 0.192. The standard InChI is InChI=1S/C26H26N2O4S/c1-26(2,3)18-9-12-20(13-10-18)33(31,32)16-27-19-11-14-22-21(15-19)23(24(28-22)25(29)30)17-7-5-4-6-8-17/h4-15,27-28H,16H2,1-3H3,(H,29,30). The fourth-order valence-electron chi connectivity index (χ4n) is 3.79. The molecule has 3 N–H and O–H groups in total. The van der Waals surface area contributed by atoms with Crippen LogP contribution >= 0.6 is 0 Å². The van der Waals surface area contributed by atoms with Crippen molar-refractivity contribution in [1.29, 1.82) is 0 Å². The third kappa shape index (κ3) is 4.64. The molecule has 0 saturated heterocycles. The van der Waals surface area contributed by atoms with Gasteiger partial charge >= 0.3 is 5.97 Å². The summed E-state index contributed by atoms with van der Waals surface area (Å²) in [6, 6.07) is 21.5. The van der Waals surface area contributed by atoms with E-state index in [0.29, 0.717) is 22.2 Å². The maximum atomic E-state index is 12.9. The maximum Gasteiger partial charge on any atom is 0.352 e. The Labute approximate surface area is 193 Å². The van der Waals surface area contributed by atoms with Gasteiger partial charge in [-0.15, -0.1) is 0 Å². The summed E-state index contributed by atoms with van der Waals surface area (Å²) in [4.78, 5) is 15.0. The number of hydrogen-bond donors (Lipinski definition) is 3. The Morgan fingerprint density at radius 2 is 1.64 bits per heavy atom. The maximum absolute atomic E-state index is 12.9. The molecular weight excluding hydrogens is 436 g/mol. The molecule has 0 aliphatic carbocycles. The molecular formula is C26H26N2O4S. The van der Waals surface area contributed by atoms with Crippen LogP contribution in [0.15, 0.2) is 77.7 Å². The lowest BCUT2D eigenvalue weighted by molar-refractivity contribution is 0.0692. The van der Waals surface area contributed by atoms with Gasteiger partial charge in [-0.05, 0) is 46.9 Å². The van der Waals surface area contributed by atoms with Crippen molar-refractivity contribution >= 4 is 32.4 Å². The molecule has 0 radical (unpaired) electrons.